The predicted molar refractivity (Wildman–Crippen MR) is 75.7 cm³/mol. The molecule has 1 aliphatic rings. The molecule has 1 saturated heterocycles. The maximum Gasteiger partial charge on any atom is 0.344 e. The molecule has 0 radical (unpaired) electrons. The Morgan fingerprint density at radius 2 is 2.16 bits per heavy atom. The van der Waals surface area contributed by atoms with Crippen LogP contribution in [0.5, 0.6) is 0 Å². The Kier molecular flexibility index (Phi) is 5.57. The summed E-state index contributed by atoms with van der Waals surface area (Å²) in [6, 6.07) is 0.772. The molecule has 0 aromatic carbocycles. The maximum atomic E-state index is 12.0. The Bertz CT molecular complexity index is 337. The van der Waals surface area contributed by atoms with E-state index in [9.17, 15) is 4.39 Å². The number of alkyl halides is 1. The zero-order chi connectivity index (χ0) is 14.6. The van der Waals surface area contributed by atoms with E-state index in [2.05, 4.69) is 26.7 Å². The van der Waals surface area contributed by atoms with Gasteiger partial charge in [-0.1, -0.05) is 26.7 Å². The molecule has 1 heterocycles. The molecule has 2 atom stereocenters. The third kappa shape index (κ3) is 4.02. The van der Waals surface area contributed by atoms with Crippen molar-refractivity contribution in [3.63, 3.8) is 0 Å². The van der Waals surface area contributed by atoms with Gasteiger partial charge in [-0.25, -0.2) is 4.39 Å². The summed E-state index contributed by atoms with van der Waals surface area (Å²) in [6.45, 7) is 8.59. The SMILES string of the molecule is C#CC1(C)CCO[Si](CCCOCF)(C(C)(C)C)O1. The minimum Gasteiger partial charge on any atom is -0.394 e. The van der Waals surface area contributed by atoms with Crippen LogP contribution in [0.15, 0.2) is 0 Å². The Hall–Kier alpha value is -0.413. The van der Waals surface area contributed by atoms with E-state index >= 15 is 0 Å². The van der Waals surface area contributed by atoms with Crippen molar-refractivity contribution >= 4 is 8.56 Å². The molecule has 0 bridgehead atoms. The standard InChI is InChI=1S/C14H25FO3Si/c1-6-14(5)8-10-17-19(18-14,13(2,3)4)11-7-9-16-12-15/h1H,7-12H2,2-5H3. The van der Waals surface area contributed by atoms with E-state index in [1.165, 1.54) is 0 Å². The summed E-state index contributed by atoms with van der Waals surface area (Å²) < 4.78 is 29.1. The Morgan fingerprint density at radius 1 is 1.47 bits per heavy atom. The molecule has 0 amide bonds. The van der Waals surface area contributed by atoms with Gasteiger partial charge in [-0.2, -0.15) is 0 Å². The van der Waals surface area contributed by atoms with Gasteiger partial charge in [0.2, 0.25) is 0 Å². The fourth-order valence-corrected chi connectivity index (χ4v) is 6.01. The monoisotopic (exact) mass is 288 g/mol. The first-order valence-corrected chi connectivity index (χ1v) is 8.77. The Balaban J connectivity index is 2.80. The van der Waals surface area contributed by atoms with E-state index in [0.717, 1.165) is 18.9 Å². The molecule has 0 aromatic rings. The first-order chi connectivity index (χ1) is 8.79. The molecule has 0 aliphatic carbocycles. The highest BCUT2D eigenvalue weighted by molar-refractivity contribution is 6.70. The van der Waals surface area contributed by atoms with Gasteiger partial charge < -0.3 is 13.6 Å². The molecule has 1 fully saturated rings. The highest BCUT2D eigenvalue weighted by atomic mass is 28.4. The van der Waals surface area contributed by atoms with Gasteiger partial charge in [-0.05, 0) is 19.4 Å². The van der Waals surface area contributed by atoms with Gasteiger partial charge in [-0.3, -0.25) is 0 Å². The van der Waals surface area contributed by atoms with Crippen LogP contribution < -0.4 is 0 Å². The number of ether oxygens (including phenoxy) is 1. The van der Waals surface area contributed by atoms with Crippen molar-refractivity contribution in [3.8, 4) is 12.3 Å². The number of rotatable bonds is 5. The lowest BCUT2D eigenvalue weighted by Gasteiger charge is -2.49. The molecule has 0 spiro atoms. The first-order valence-electron chi connectivity index (χ1n) is 6.74. The summed E-state index contributed by atoms with van der Waals surface area (Å²) in [6.07, 6.45) is 7.04. The maximum absolute atomic E-state index is 12.0. The lowest BCUT2D eigenvalue weighted by molar-refractivity contribution is -0.000678. The van der Waals surface area contributed by atoms with Crippen LogP contribution in [0, 0.1) is 12.3 Å². The molecule has 110 valence electrons. The van der Waals surface area contributed by atoms with Crippen LogP contribution in [0.4, 0.5) is 4.39 Å². The van der Waals surface area contributed by atoms with Crippen LogP contribution in [0.1, 0.15) is 40.5 Å². The van der Waals surface area contributed by atoms with Gasteiger partial charge in [0.25, 0.3) is 0 Å². The van der Waals surface area contributed by atoms with E-state index in [-0.39, 0.29) is 5.04 Å². The quantitative estimate of drug-likeness (QED) is 0.441. The molecule has 3 nitrogen and oxygen atoms in total. The number of hydrogen-bond donors (Lipinski definition) is 0. The number of terminal acetylenes is 1. The zero-order valence-electron chi connectivity index (χ0n) is 12.4. The lowest BCUT2D eigenvalue weighted by atomic mass is 10.1. The number of hydrogen-bond acceptors (Lipinski definition) is 3. The van der Waals surface area contributed by atoms with Crippen molar-refractivity contribution in [3.05, 3.63) is 0 Å². The van der Waals surface area contributed by atoms with E-state index in [4.69, 9.17) is 20.0 Å². The molecule has 0 N–H and O–H groups in total. The smallest absolute Gasteiger partial charge is 0.344 e. The largest absolute Gasteiger partial charge is 0.394 e. The molecular weight excluding hydrogens is 263 g/mol. The third-order valence-electron chi connectivity index (χ3n) is 3.62. The normalized spacial score (nSPS) is 32.0. The highest BCUT2D eigenvalue weighted by Gasteiger charge is 2.54. The average molecular weight is 288 g/mol. The fourth-order valence-electron chi connectivity index (χ4n) is 2.29. The van der Waals surface area contributed by atoms with Crippen molar-refractivity contribution in [1.29, 1.82) is 0 Å². The molecule has 5 heteroatoms. The second-order valence-corrected chi connectivity index (χ2v) is 10.2. The van der Waals surface area contributed by atoms with Gasteiger partial charge in [0.15, 0.2) is 6.86 Å². The summed E-state index contributed by atoms with van der Waals surface area (Å²) in [5.74, 6) is 2.75. The fraction of sp³-hybridized carbons (Fsp3) is 0.857. The molecule has 19 heavy (non-hydrogen) atoms. The average Bonchev–Trinajstić information content (AvgIpc) is 2.34. The van der Waals surface area contributed by atoms with Crippen molar-refractivity contribution in [1.82, 2.24) is 0 Å². The molecule has 1 aliphatic heterocycles. The minimum absolute atomic E-state index is 0.0821. The van der Waals surface area contributed by atoms with Crippen LogP contribution >= 0.6 is 0 Å². The minimum atomic E-state index is -2.44. The molecule has 2 unspecified atom stereocenters. The first kappa shape index (κ1) is 16.6. The van der Waals surface area contributed by atoms with Gasteiger partial charge in [0.1, 0.15) is 5.60 Å². The summed E-state index contributed by atoms with van der Waals surface area (Å²) in [5.41, 5.74) is -0.543. The second-order valence-electron chi connectivity index (χ2n) is 6.20. The van der Waals surface area contributed by atoms with Crippen LogP contribution in [0.3, 0.4) is 0 Å². The van der Waals surface area contributed by atoms with Gasteiger partial charge in [-0.15, -0.1) is 6.42 Å². The molecule has 1 rings (SSSR count). The van der Waals surface area contributed by atoms with E-state index in [0.29, 0.717) is 13.2 Å². The second kappa shape index (κ2) is 6.36. The van der Waals surface area contributed by atoms with Crippen LogP contribution in [0.2, 0.25) is 11.1 Å². The summed E-state index contributed by atoms with van der Waals surface area (Å²) >= 11 is 0. The zero-order valence-corrected chi connectivity index (χ0v) is 13.4. The highest BCUT2D eigenvalue weighted by Crippen LogP contribution is 2.46. The van der Waals surface area contributed by atoms with E-state index in [1.807, 2.05) is 6.92 Å². The summed E-state index contributed by atoms with van der Waals surface area (Å²) in [4.78, 5) is 0. The van der Waals surface area contributed by atoms with Crippen LogP contribution in [0.25, 0.3) is 0 Å². The van der Waals surface area contributed by atoms with Crippen molar-refractivity contribution in [2.45, 2.75) is 57.2 Å². The summed E-state index contributed by atoms with van der Waals surface area (Å²) in [7, 11) is -2.44. The predicted octanol–water partition coefficient (Wildman–Crippen LogP) is 3.39. The lowest BCUT2D eigenvalue weighted by Crippen LogP contribution is -2.59. The molecular formula is C14H25FO3Si. The molecule has 0 saturated carbocycles. The van der Waals surface area contributed by atoms with Crippen molar-refractivity contribution in [2.24, 2.45) is 0 Å². The number of halogens is 1. The van der Waals surface area contributed by atoms with Crippen molar-refractivity contribution < 1.29 is 18.0 Å². The Labute approximate surface area is 117 Å². The Morgan fingerprint density at radius 3 is 2.68 bits per heavy atom. The topological polar surface area (TPSA) is 27.7 Å². The van der Waals surface area contributed by atoms with Crippen LogP contribution in [-0.2, 0) is 13.6 Å². The van der Waals surface area contributed by atoms with Gasteiger partial charge in [0.05, 0.1) is 0 Å². The van der Waals surface area contributed by atoms with E-state index in [1.54, 1.807) is 0 Å². The van der Waals surface area contributed by atoms with Crippen molar-refractivity contribution in [2.75, 3.05) is 20.1 Å². The van der Waals surface area contributed by atoms with Crippen LogP contribution in [-0.4, -0.2) is 34.2 Å². The van der Waals surface area contributed by atoms with Gasteiger partial charge in [0, 0.05) is 24.7 Å². The third-order valence-corrected chi connectivity index (χ3v) is 8.37. The molecule has 0 aromatic heterocycles. The van der Waals surface area contributed by atoms with Gasteiger partial charge >= 0.3 is 8.56 Å². The van der Waals surface area contributed by atoms with E-state index < -0.39 is 21.0 Å². The summed E-state index contributed by atoms with van der Waals surface area (Å²) in [5, 5.41) is -0.0821.